The number of nitrogens with two attached hydrogens (primary N) is 1. The van der Waals surface area contributed by atoms with E-state index in [1.807, 2.05) is 18.5 Å². The van der Waals surface area contributed by atoms with Gasteiger partial charge in [0.15, 0.2) is 5.16 Å². The number of thioether (sulfide) groups is 1. The van der Waals surface area contributed by atoms with Crippen molar-refractivity contribution in [2.24, 2.45) is 12.8 Å². The highest BCUT2D eigenvalue weighted by atomic mass is 32.2. The van der Waals surface area contributed by atoms with Crippen molar-refractivity contribution in [1.82, 2.24) is 14.8 Å². The monoisotopic (exact) mass is 262 g/mol. The lowest BCUT2D eigenvalue weighted by molar-refractivity contribution is 0.759. The van der Waals surface area contributed by atoms with Crippen LogP contribution in [-0.2, 0) is 7.05 Å². The normalized spacial score (nSPS) is 12.7. The summed E-state index contributed by atoms with van der Waals surface area (Å²) in [6, 6.07) is 8.37. The van der Waals surface area contributed by atoms with Crippen molar-refractivity contribution >= 4 is 11.8 Å². The van der Waals surface area contributed by atoms with Gasteiger partial charge in [0.2, 0.25) is 0 Å². The second-order valence-electron chi connectivity index (χ2n) is 4.42. The van der Waals surface area contributed by atoms with Crippen LogP contribution in [0.1, 0.15) is 23.0 Å². The fourth-order valence-corrected chi connectivity index (χ4v) is 2.53. The van der Waals surface area contributed by atoms with Crippen LogP contribution in [-0.4, -0.2) is 20.5 Å². The van der Waals surface area contributed by atoms with E-state index in [4.69, 9.17) is 5.73 Å². The minimum Gasteiger partial charge on any atom is -0.323 e. The van der Waals surface area contributed by atoms with Crippen LogP contribution in [0.15, 0.2) is 29.4 Å². The molecule has 0 bridgehead atoms. The molecule has 2 rings (SSSR count). The summed E-state index contributed by atoms with van der Waals surface area (Å²) in [5.74, 6) is 1.72. The first-order valence-corrected chi connectivity index (χ1v) is 6.87. The van der Waals surface area contributed by atoms with E-state index in [0.717, 1.165) is 22.3 Å². The van der Waals surface area contributed by atoms with Gasteiger partial charge < -0.3 is 10.3 Å². The van der Waals surface area contributed by atoms with E-state index < -0.39 is 0 Å². The number of rotatable bonds is 4. The van der Waals surface area contributed by atoms with Crippen molar-refractivity contribution in [2.75, 3.05) is 5.75 Å². The van der Waals surface area contributed by atoms with Crippen molar-refractivity contribution in [1.29, 1.82) is 0 Å². The molecular formula is C13H18N4S. The van der Waals surface area contributed by atoms with Crippen molar-refractivity contribution in [2.45, 2.75) is 25.0 Å². The molecule has 2 aromatic rings. The second-order valence-corrected chi connectivity index (χ2v) is 5.40. The Morgan fingerprint density at radius 1 is 1.22 bits per heavy atom. The van der Waals surface area contributed by atoms with Gasteiger partial charge in [0.25, 0.3) is 0 Å². The lowest BCUT2D eigenvalue weighted by Gasteiger charge is -2.11. The molecule has 0 aliphatic heterocycles. The number of benzene rings is 1. The molecule has 0 amide bonds. The zero-order valence-electron chi connectivity index (χ0n) is 10.9. The van der Waals surface area contributed by atoms with E-state index in [9.17, 15) is 0 Å². The summed E-state index contributed by atoms with van der Waals surface area (Å²) in [5.41, 5.74) is 8.58. The Balaban J connectivity index is 1.98. The molecule has 0 saturated heterocycles. The summed E-state index contributed by atoms with van der Waals surface area (Å²) < 4.78 is 1.98. The third kappa shape index (κ3) is 2.91. The lowest BCUT2D eigenvalue weighted by Crippen LogP contribution is -2.13. The highest BCUT2D eigenvalue weighted by Crippen LogP contribution is 2.22. The fraction of sp³-hybridized carbons (Fsp3) is 0.385. The maximum absolute atomic E-state index is 6.17. The van der Waals surface area contributed by atoms with Crippen LogP contribution in [0.5, 0.6) is 0 Å². The average molecular weight is 262 g/mol. The molecule has 1 heterocycles. The van der Waals surface area contributed by atoms with Gasteiger partial charge in [-0.05, 0) is 19.4 Å². The Morgan fingerprint density at radius 3 is 2.44 bits per heavy atom. The van der Waals surface area contributed by atoms with Crippen molar-refractivity contribution in [3.8, 4) is 0 Å². The summed E-state index contributed by atoms with van der Waals surface area (Å²) in [6.45, 7) is 4.02. The Hall–Kier alpha value is -1.33. The molecule has 0 fully saturated rings. The smallest absolute Gasteiger partial charge is 0.191 e. The van der Waals surface area contributed by atoms with Gasteiger partial charge in [-0.15, -0.1) is 10.2 Å². The second kappa shape index (κ2) is 5.54. The zero-order chi connectivity index (χ0) is 13.1. The Kier molecular flexibility index (Phi) is 4.04. The van der Waals surface area contributed by atoms with Gasteiger partial charge in [0, 0.05) is 18.8 Å². The number of aryl methyl sites for hydroxylation is 2. The third-order valence-electron chi connectivity index (χ3n) is 2.95. The van der Waals surface area contributed by atoms with Gasteiger partial charge in [0.05, 0.1) is 0 Å². The van der Waals surface area contributed by atoms with E-state index in [2.05, 4.69) is 41.4 Å². The van der Waals surface area contributed by atoms with Gasteiger partial charge in [-0.3, -0.25) is 0 Å². The van der Waals surface area contributed by atoms with Crippen molar-refractivity contribution < 1.29 is 0 Å². The van der Waals surface area contributed by atoms with Crippen LogP contribution >= 0.6 is 11.8 Å². The molecule has 4 nitrogen and oxygen atoms in total. The molecule has 1 aromatic heterocycles. The predicted molar refractivity (Wildman–Crippen MR) is 74.6 cm³/mol. The predicted octanol–water partition coefficient (Wildman–Crippen LogP) is 2.22. The van der Waals surface area contributed by atoms with Crippen LogP contribution in [0.2, 0.25) is 0 Å². The Labute approximate surface area is 112 Å². The topological polar surface area (TPSA) is 56.7 Å². The molecule has 1 unspecified atom stereocenters. The molecule has 1 aromatic carbocycles. The summed E-state index contributed by atoms with van der Waals surface area (Å²) in [5, 5.41) is 9.06. The lowest BCUT2D eigenvalue weighted by atomic mass is 10.1. The molecule has 0 aliphatic carbocycles. The Bertz CT molecular complexity index is 518. The molecular weight excluding hydrogens is 244 g/mol. The molecule has 0 aliphatic rings. The summed E-state index contributed by atoms with van der Waals surface area (Å²) in [6.07, 6.45) is 0. The highest BCUT2D eigenvalue weighted by Gasteiger charge is 2.10. The largest absolute Gasteiger partial charge is 0.323 e. The van der Waals surface area contributed by atoms with E-state index in [1.54, 1.807) is 11.8 Å². The van der Waals surface area contributed by atoms with Gasteiger partial charge >= 0.3 is 0 Å². The van der Waals surface area contributed by atoms with Crippen LogP contribution in [0.25, 0.3) is 0 Å². The summed E-state index contributed by atoms with van der Waals surface area (Å²) in [4.78, 5) is 0. The van der Waals surface area contributed by atoms with E-state index in [1.165, 1.54) is 5.56 Å². The van der Waals surface area contributed by atoms with Crippen LogP contribution < -0.4 is 5.73 Å². The van der Waals surface area contributed by atoms with Crippen molar-refractivity contribution in [3.05, 3.63) is 41.2 Å². The van der Waals surface area contributed by atoms with Crippen molar-refractivity contribution in [3.63, 3.8) is 0 Å². The quantitative estimate of drug-likeness (QED) is 0.858. The minimum atomic E-state index is 0.0209. The van der Waals surface area contributed by atoms with E-state index >= 15 is 0 Å². The molecule has 0 saturated carbocycles. The van der Waals surface area contributed by atoms with Gasteiger partial charge in [-0.2, -0.15) is 0 Å². The third-order valence-corrected chi connectivity index (χ3v) is 4.09. The minimum absolute atomic E-state index is 0.0209. The van der Waals surface area contributed by atoms with E-state index in [-0.39, 0.29) is 6.04 Å². The number of hydrogen-bond donors (Lipinski definition) is 1. The molecule has 1 atom stereocenters. The van der Waals surface area contributed by atoms with Crippen LogP contribution in [0.4, 0.5) is 0 Å². The fourth-order valence-electron chi connectivity index (χ4n) is 1.59. The zero-order valence-corrected chi connectivity index (χ0v) is 11.7. The van der Waals surface area contributed by atoms with Gasteiger partial charge in [-0.1, -0.05) is 41.6 Å². The first kappa shape index (κ1) is 13.1. The Morgan fingerprint density at radius 2 is 1.89 bits per heavy atom. The first-order valence-electron chi connectivity index (χ1n) is 5.89. The van der Waals surface area contributed by atoms with Gasteiger partial charge in [0.1, 0.15) is 5.82 Å². The molecule has 0 spiro atoms. The van der Waals surface area contributed by atoms with Gasteiger partial charge in [-0.25, -0.2) is 0 Å². The first-order chi connectivity index (χ1) is 8.58. The number of hydrogen-bond acceptors (Lipinski definition) is 4. The standard InChI is InChI=1S/C13H18N4S/c1-9-4-6-11(7-5-9)12(14)8-18-13-16-15-10(2)17(13)3/h4-7,12H,8,14H2,1-3H3. The molecule has 2 N–H and O–H groups in total. The average Bonchev–Trinajstić information content (AvgIpc) is 2.68. The highest BCUT2D eigenvalue weighted by molar-refractivity contribution is 7.99. The summed E-state index contributed by atoms with van der Waals surface area (Å²) in [7, 11) is 1.97. The molecule has 96 valence electrons. The maximum Gasteiger partial charge on any atom is 0.191 e. The number of nitrogens with zero attached hydrogens (tertiary/aromatic N) is 3. The SMILES string of the molecule is Cc1ccc(C(N)CSc2nnc(C)n2C)cc1. The summed E-state index contributed by atoms with van der Waals surface area (Å²) >= 11 is 1.64. The molecule has 18 heavy (non-hydrogen) atoms. The van der Waals surface area contributed by atoms with Crippen LogP contribution in [0.3, 0.4) is 0 Å². The maximum atomic E-state index is 6.17. The molecule has 5 heteroatoms. The molecule has 0 radical (unpaired) electrons. The number of aromatic nitrogens is 3. The van der Waals surface area contributed by atoms with Crippen LogP contribution in [0, 0.1) is 13.8 Å². The van der Waals surface area contributed by atoms with E-state index in [0.29, 0.717) is 0 Å².